The van der Waals surface area contributed by atoms with Crippen LogP contribution in [0.15, 0.2) is 34.9 Å². The van der Waals surface area contributed by atoms with Crippen molar-refractivity contribution >= 4 is 5.91 Å². The van der Waals surface area contributed by atoms with E-state index in [1.54, 1.807) is 0 Å². The van der Waals surface area contributed by atoms with Crippen LogP contribution in [0.2, 0.25) is 0 Å². The summed E-state index contributed by atoms with van der Waals surface area (Å²) in [4.78, 5) is 15.1. The standard InChI is InChI=1S/C10H9N3O2/c1-11-9(14)8-12-10(15-13-8)7-5-3-2-4-6-7/h2-6H,1H3,(H,11,14). The molecule has 1 heterocycles. The molecule has 0 aliphatic heterocycles. The molecule has 1 aromatic heterocycles. The van der Waals surface area contributed by atoms with Gasteiger partial charge in [-0.15, -0.1) is 0 Å². The van der Waals surface area contributed by atoms with Crippen LogP contribution in [0.4, 0.5) is 0 Å². The second-order valence-electron chi connectivity index (χ2n) is 2.87. The summed E-state index contributed by atoms with van der Waals surface area (Å²) in [5, 5.41) is 5.99. The summed E-state index contributed by atoms with van der Waals surface area (Å²) in [5.41, 5.74) is 0.792. The number of carbonyl (C=O) groups excluding carboxylic acids is 1. The van der Waals surface area contributed by atoms with Crippen LogP contribution in [0.25, 0.3) is 11.5 Å². The maximum Gasteiger partial charge on any atom is 0.292 e. The van der Waals surface area contributed by atoms with Crippen LogP contribution in [0.1, 0.15) is 10.6 Å². The summed E-state index contributed by atoms with van der Waals surface area (Å²) in [5.74, 6) is 0.0199. The van der Waals surface area contributed by atoms with Crippen molar-refractivity contribution in [2.75, 3.05) is 7.05 Å². The fourth-order valence-corrected chi connectivity index (χ4v) is 1.13. The molecule has 0 aliphatic carbocycles. The minimum atomic E-state index is -0.360. The molecule has 0 fully saturated rings. The smallest absolute Gasteiger partial charge is 0.292 e. The third kappa shape index (κ3) is 1.85. The number of aromatic nitrogens is 2. The molecule has 5 heteroatoms. The lowest BCUT2D eigenvalue weighted by Crippen LogP contribution is -2.19. The first kappa shape index (κ1) is 9.39. The summed E-state index contributed by atoms with van der Waals surface area (Å²) in [7, 11) is 1.51. The van der Waals surface area contributed by atoms with Gasteiger partial charge in [0.1, 0.15) is 0 Å². The van der Waals surface area contributed by atoms with E-state index in [1.165, 1.54) is 7.05 Å². The van der Waals surface area contributed by atoms with Gasteiger partial charge in [0, 0.05) is 12.6 Å². The number of rotatable bonds is 2. The Bertz CT molecular complexity index is 465. The molecule has 0 saturated carbocycles. The van der Waals surface area contributed by atoms with Crippen LogP contribution < -0.4 is 5.32 Å². The molecule has 0 aliphatic rings. The van der Waals surface area contributed by atoms with Gasteiger partial charge < -0.3 is 9.84 Å². The van der Waals surface area contributed by atoms with Gasteiger partial charge in [0.05, 0.1) is 0 Å². The highest BCUT2D eigenvalue weighted by Crippen LogP contribution is 2.15. The Kier molecular flexibility index (Phi) is 2.45. The first-order valence-corrected chi connectivity index (χ1v) is 4.42. The number of hydrogen-bond acceptors (Lipinski definition) is 4. The molecule has 0 radical (unpaired) electrons. The lowest BCUT2D eigenvalue weighted by Gasteiger charge is -1.90. The molecule has 1 N–H and O–H groups in total. The maximum atomic E-state index is 11.2. The van der Waals surface area contributed by atoms with E-state index in [-0.39, 0.29) is 11.7 Å². The normalized spacial score (nSPS) is 9.93. The minimum Gasteiger partial charge on any atom is -0.352 e. The molecule has 2 aromatic rings. The number of nitrogens with one attached hydrogen (secondary N) is 1. The van der Waals surface area contributed by atoms with Gasteiger partial charge in [-0.05, 0) is 12.1 Å². The van der Waals surface area contributed by atoms with Crippen LogP contribution in [0.5, 0.6) is 0 Å². The van der Waals surface area contributed by atoms with Gasteiger partial charge in [-0.2, -0.15) is 4.98 Å². The van der Waals surface area contributed by atoms with Crippen LogP contribution >= 0.6 is 0 Å². The largest absolute Gasteiger partial charge is 0.352 e. The molecule has 0 unspecified atom stereocenters. The molecule has 0 saturated heterocycles. The van der Waals surface area contributed by atoms with Gasteiger partial charge in [-0.25, -0.2) is 0 Å². The Morgan fingerprint density at radius 1 is 1.33 bits per heavy atom. The monoisotopic (exact) mass is 203 g/mol. The van der Waals surface area contributed by atoms with Crippen LogP contribution in [-0.4, -0.2) is 23.1 Å². The highest BCUT2D eigenvalue weighted by atomic mass is 16.5. The predicted molar refractivity (Wildman–Crippen MR) is 53.1 cm³/mol. The lowest BCUT2D eigenvalue weighted by molar-refractivity contribution is 0.0950. The van der Waals surface area contributed by atoms with Crippen LogP contribution in [0, 0.1) is 0 Å². The topological polar surface area (TPSA) is 68.0 Å². The summed E-state index contributed by atoms with van der Waals surface area (Å²) in [6.45, 7) is 0. The Morgan fingerprint density at radius 2 is 2.07 bits per heavy atom. The van der Waals surface area contributed by atoms with Gasteiger partial charge in [0.2, 0.25) is 0 Å². The summed E-state index contributed by atoms with van der Waals surface area (Å²) >= 11 is 0. The number of amides is 1. The molecule has 15 heavy (non-hydrogen) atoms. The Hall–Kier alpha value is -2.17. The highest BCUT2D eigenvalue weighted by molar-refractivity contribution is 5.90. The fraction of sp³-hybridized carbons (Fsp3) is 0.100. The SMILES string of the molecule is CNC(=O)c1noc(-c2ccccc2)n1. The van der Waals surface area contributed by atoms with E-state index in [0.29, 0.717) is 5.89 Å². The van der Waals surface area contributed by atoms with Gasteiger partial charge >= 0.3 is 0 Å². The first-order valence-electron chi connectivity index (χ1n) is 4.42. The Morgan fingerprint density at radius 3 is 2.73 bits per heavy atom. The third-order valence-electron chi connectivity index (χ3n) is 1.88. The van der Waals surface area contributed by atoms with Crippen LogP contribution in [0.3, 0.4) is 0 Å². The molecule has 0 atom stereocenters. The number of carbonyl (C=O) groups is 1. The zero-order valence-corrected chi connectivity index (χ0v) is 8.10. The third-order valence-corrected chi connectivity index (χ3v) is 1.88. The van der Waals surface area contributed by atoms with E-state index in [0.717, 1.165) is 5.56 Å². The Balaban J connectivity index is 2.32. The molecule has 1 aromatic carbocycles. The van der Waals surface area contributed by atoms with E-state index in [2.05, 4.69) is 15.5 Å². The molecule has 76 valence electrons. The summed E-state index contributed by atoms with van der Waals surface area (Å²) in [6, 6.07) is 9.28. The first-order chi connectivity index (χ1) is 7.31. The zero-order valence-electron chi connectivity index (χ0n) is 8.10. The van der Waals surface area contributed by atoms with Crippen molar-refractivity contribution in [1.82, 2.24) is 15.5 Å². The fourth-order valence-electron chi connectivity index (χ4n) is 1.13. The van der Waals surface area contributed by atoms with Crippen LogP contribution in [-0.2, 0) is 0 Å². The van der Waals surface area contributed by atoms with E-state index in [4.69, 9.17) is 4.52 Å². The average molecular weight is 203 g/mol. The van der Waals surface area contributed by atoms with E-state index < -0.39 is 0 Å². The highest BCUT2D eigenvalue weighted by Gasteiger charge is 2.13. The molecular formula is C10H9N3O2. The Labute approximate surface area is 86.1 Å². The van der Waals surface area contributed by atoms with Gasteiger partial charge in [-0.3, -0.25) is 4.79 Å². The average Bonchev–Trinajstić information content (AvgIpc) is 2.78. The van der Waals surface area contributed by atoms with Crippen molar-refractivity contribution in [3.63, 3.8) is 0 Å². The van der Waals surface area contributed by atoms with E-state index in [1.807, 2.05) is 30.3 Å². The van der Waals surface area contributed by atoms with Crippen molar-refractivity contribution in [2.24, 2.45) is 0 Å². The summed E-state index contributed by atoms with van der Waals surface area (Å²) < 4.78 is 4.95. The second kappa shape index (κ2) is 3.91. The summed E-state index contributed by atoms with van der Waals surface area (Å²) in [6.07, 6.45) is 0. The van der Waals surface area contributed by atoms with Crippen molar-refractivity contribution in [3.8, 4) is 11.5 Å². The molecule has 2 rings (SSSR count). The van der Waals surface area contributed by atoms with Gasteiger partial charge in [0.25, 0.3) is 17.6 Å². The van der Waals surface area contributed by atoms with Gasteiger partial charge in [-0.1, -0.05) is 23.4 Å². The molecule has 0 bridgehead atoms. The number of benzene rings is 1. The molecule has 5 nitrogen and oxygen atoms in total. The van der Waals surface area contributed by atoms with Crippen molar-refractivity contribution in [3.05, 3.63) is 36.2 Å². The van der Waals surface area contributed by atoms with Crippen molar-refractivity contribution in [1.29, 1.82) is 0 Å². The van der Waals surface area contributed by atoms with Crippen molar-refractivity contribution < 1.29 is 9.32 Å². The predicted octanol–water partition coefficient (Wildman–Crippen LogP) is 1.10. The van der Waals surface area contributed by atoms with E-state index in [9.17, 15) is 4.79 Å². The lowest BCUT2D eigenvalue weighted by atomic mass is 10.2. The van der Waals surface area contributed by atoms with E-state index >= 15 is 0 Å². The quantitative estimate of drug-likeness (QED) is 0.793. The maximum absolute atomic E-state index is 11.2. The zero-order chi connectivity index (χ0) is 10.7. The minimum absolute atomic E-state index is 0.0383. The molecular weight excluding hydrogens is 194 g/mol. The second-order valence-corrected chi connectivity index (χ2v) is 2.87. The van der Waals surface area contributed by atoms with Crippen molar-refractivity contribution in [2.45, 2.75) is 0 Å². The molecule has 1 amide bonds. The van der Waals surface area contributed by atoms with Gasteiger partial charge in [0.15, 0.2) is 0 Å². The number of nitrogens with zero attached hydrogens (tertiary/aromatic N) is 2. The number of hydrogen-bond donors (Lipinski definition) is 1. The molecule has 0 spiro atoms.